The number of allylic oxidation sites excluding steroid dienone is 1. The molecule has 3 aliphatic rings. The third kappa shape index (κ3) is 15.6. The van der Waals surface area contributed by atoms with Gasteiger partial charge in [0.15, 0.2) is 9.84 Å². The van der Waals surface area contributed by atoms with E-state index in [1.807, 2.05) is 54.6 Å². The molecule has 19 heteroatoms. The van der Waals surface area contributed by atoms with Crippen LogP contribution in [0.3, 0.4) is 0 Å². The standard InChI is InChI=1S/C50H66ClN6O8PS3/c1-50(2)22-20-46(38-10-14-41(51)15-11-38)40(35-50)36-56-29-31-57(32-30-56)43-16-12-39(13-17-43)49(58)53-69(64,65)45-18-19-47(48(34-45)68(3,62)63)52-42(37-67-44-8-5-4-6-9-44)21-24-55-27-25-54(26-28-55)23-7-33-66(59,60)61/h4-6,8-19,34,42,52H,7,20-33,35-37H2,1-3H3,(H,53,58)(H2,59,60,61)/t42-/m1/s1. The van der Waals surface area contributed by atoms with Crippen LogP contribution in [-0.2, 0) is 24.4 Å². The van der Waals surface area contributed by atoms with Crippen molar-refractivity contribution in [3.8, 4) is 0 Å². The second kappa shape index (κ2) is 23.2. The Hall–Kier alpha value is -3.74. The van der Waals surface area contributed by atoms with E-state index in [9.17, 15) is 36.0 Å². The van der Waals surface area contributed by atoms with Crippen LogP contribution < -0.4 is 14.9 Å². The Morgan fingerprint density at radius 3 is 2.10 bits per heavy atom. The van der Waals surface area contributed by atoms with Crippen LogP contribution in [0.2, 0.25) is 5.02 Å². The predicted molar refractivity (Wildman–Crippen MR) is 279 cm³/mol. The Balaban J connectivity index is 0.960. The average Bonchev–Trinajstić information content (AvgIpc) is 3.30. The molecule has 2 fully saturated rings. The van der Waals surface area contributed by atoms with Gasteiger partial charge in [0, 0.05) is 105 Å². The number of hydrogen-bond acceptors (Lipinski definition) is 12. The molecule has 0 saturated carbocycles. The Morgan fingerprint density at radius 1 is 0.826 bits per heavy atom. The predicted octanol–water partition coefficient (Wildman–Crippen LogP) is 7.80. The van der Waals surface area contributed by atoms with E-state index in [2.05, 4.69) is 55.6 Å². The largest absolute Gasteiger partial charge is 0.380 e. The molecule has 1 atom stereocenters. The summed E-state index contributed by atoms with van der Waals surface area (Å²) in [6.07, 6.45) is 5.25. The lowest BCUT2D eigenvalue weighted by molar-refractivity contribution is 0.0981. The number of carbonyl (C=O) groups is 1. The van der Waals surface area contributed by atoms with Gasteiger partial charge in [0.05, 0.1) is 21.6 Å². The van der Waals surface area contributed by atoms with E-state index in [4.69, 9.17) is 11.6 Å². The fourth-order valence-electron chi connectivity index (χ4n) is 9.36. The van der Waals surface area contributed by atoms with Gasteiger partial charge in [-0.15, -0.1) is 11.8 Å². The maximum Gasteiger partial charge on any atom is 0.325 e. The molecule has 0 unspecified atom stereocenters. The van der Waals surface area contributed by atoms with Gasteiger partial charge in [-0.25, -0.2) is 21.6 Å². The Bertz CT molecular complexity index is 2690. The number of halogens is 1. The number of benzene rings is 4. The lowest BCUT2D eigenvalue weighted by atomic mass is 9.73. The van der Waals surface area contributed by atoms with Crippen molar-refractivity contribution in [2.75, 3.05) is 100 Å². The number of rotatable bonds is 20. The van der Waals surface area contributed by atoms with Crippen molar-refractivity contribution in [2.45, 2.75) is 66.7 Å². The van der Waals surface area contributed by atoms with E-state index in [1.165, 1.54) is 28.8 Å². The molecule has 4 aromatic carbocycles. The molecule has 0 spiro atoms. The lowest BCUT2D eigenvalue weighted by Gasteiger charge is -2.39. The van der Waals surface area contributed by atoms with Crippen LogP contribution in [0.25, 0.3) is 5.57 Å². The first-order valence-corrected chi connectivity index (χ1v) is 30.1. The third-order valence-electron chi connectivity index (χ3n) is 13.3. The first-order valence-electron chi connectivity index (χ1n) is 23.6. The number of sulfonamides is 1. The van der Waals surface area contributed by atoms with E-state index in [0.29, 0.717) is 25.1 Å². The number of anilines is 2. The molecule has 0 radical (unpaired) electrons. The monoisotopic (exact) mass is 1040 g/mol. The maximum atomic E-state index is 13.7. The minimum absolute atomic E-state index is 0.127. The van der Waals surface area contributed by atoms with Gasteiger partial charge in [0.2, 0.25) is 0 Å². The van der Waals surface area contributed by atoms with Crippen molar-refractivity contribution in [1.82, 2.24) is 19.4 Å². The fraction of sp³-hybridized carbons (Fsp3) is 0.460. The molecule has 69 heavy (non-hydrogen) atoms. The van der Waals surface area contributed by atoms with Gasteiger partial charge in [0.1, 0.15) is 0 Å². The molecule has 0 bridgehead atoms. The van der Waals surface area contributed by atoms with Crippen molar-refractivity contribution in [3.63, 3.8) is 0 Å². The molecule has 2 aliphatic heterocycles. The first-order chi connectivity index (χ1) is 32.7. The van der Waals surface area contributed by atoms with E-state index < -0.39 is 33.4 Å². The van der Waals surface area contributed by atoms with Gasteiger partial charge < -0.3 is 29.8 Å². The van der Waals surface area contributed by atoms with Crippen molar-refractivity contribution in [2.24, 2.45) is 5.41 Å². The highest BCUT2D eigenvalue weighted by Gasteiger charge is 2.30. The zero-order chi connectivity index (χ0) is 49.4. The van der Waals surface area contributed by atoms with E-state index in [1.54, 1.807) is 23.9 Å². The van der Waals surface area contributed by atoms with Gasteiger partial charge in [0.25, 0.3) is 15.9 Å². The quantitative estimate of drug-likeness (QED) is 0.0498. The Morgan fingerprint density at radius 2 is 1.46 bits per heavy atom. The highest BCUT2D eigenvalue weighted by Crippen LogP contribution is 2.43. The van der Waals surface area contributed by atoms with Crippen LogP contribution in [0.1, 0.15) is 61.9 Å². The number of nitrogens with zero attached hydrogens (tertiary/aromatic N) is 4. The van der Waals surface area contributed by atoms with Crippen LogP contribution in [-0.4, -0.2) is 143 Å². The highest BCUT2D eigenvalue weighted by atomic mass is 35.5. The molecular weight excluding hydrogens is 975 g/mol. The molecule has 4 aromatic rings. The number of amides is 1. The topological polar surface area (TPSA) is 180 Å². The number of piperazine rings is 2. The summed E-state index contributed by atoms with van der Waals surface area (Å²) in [4.78, 5) is 41.7. The summed E-state index contributed by atoms with van der Waals surface area (Å²) in [5, 5.41) is 4.16. The Kier molecular flexibility index (Phi) is 17.9. The van der Waals surface area contributed by atoms with Crippen LogP contribution in [0.5, 0.6) is 0 Å². The van der Waals surface area contributed by atoms with E-state index in [-0.39, 0.29) is 38.7 Å². The summed E-state index contributed by atoms with van der Waals surface area (Å²) in [5.41, 5.74) is 5.78. The summed E-state index contributed by atoms with van der Waals surface area (Å²) < 4.78 is 67.4. The number of sulfone groups is 1. The highest BCUT2D eigenvalue weighted by molar-refractivity contribution is 7.99. The van der Waals surface area contributed by atoms with E-state index in [0.717, 1.165) is 113 Å². The average molecular weight is 1040 g/mol. The zero-order valence-electron chi connectivity index (χ0n) is 39.7. The molecule has 2 saturated heterocycles. The van der Waals surface area contributed by atoms with Gasteiger partial charge >= 0.3 is 7.60 Å². The van der Waals surface area contributed by atoms with E-state index >= 15 is 0 Å². The minimum atomic E-state index is -4.48. The molecule has 0 aromatic heterocycles. The van der Waals surface area contributed by atoms with Gasteiger partial charge in [-0.3, -0.25) is 14.3 Å². The number of thioether (sulfide) groups is 1. The van der Waals surface area contributed by atoms with Crippen molar-refractivity contribution in [1.29, 1.82) is 0 Å². The van der Waals surface area contributed by atoms with Gasteiger partial charge in [-0.1, -0.05) is 61.4 Å². The van der Waals surface area contributed by atoms with Crippen LogP contribution in [0.15, 0.2) is 117 Å². The maximum absolute atomic E-state index is 13.7. The molecule has 2 heterocycles. The molecule has 14 nitrogen and oxygen atoms in total. The molecular formula is C50H66ClN6O8PS3. The normalized spacial score (nSPS) is 18.3. The molecule has 374 valence electrons. The molecule has 1 amide bonds. The van der Waals surface area contributed by atoms with Gasteiger partial charge in [-0.2, -0.15) is 0 Å². The molecule has 4 N–H and O–H groups in total. The fourth-order valence-corrected chi connectivity index (χ4v) is 13.0. The van der Waals surface area contributed by atoms with Crippen molar-refractivity contribution < 1.29 is 36.0 Å². The summed E-state index contributed by atoms with van der Waals surface area (Å²) in [5.74, 6) is -0.223. The second-order valence-corrected chi connectivity index (χ2v) is 26.3. The number of hydrogen-bond donors (Lipinski definition) is 4. The Labute approximate surface area is 418 Å². The molecule has 7 rings (SSSR count). The van der Waals surface area contributed by atoms with Crippen molar-refractivity contribution >= 4 is 73.7 Å². The number of nitrogens with one attached hydrogen (secondary N) is 2. The summed E-state index contributed by atoms with van der Waals surface area (Å²) in [6, 6.07) is 28.6. The van der Waals surface area contributed by atoms with Gasteiger partial charge in [-0.05, 0) is 122 Å². The summed E-state index contributed by atoms with van der Waals surface area (Å²) >= 11 is 7.84. The second-order valence-electron chi connectivity index (χ2n) is 19.3. The lowest BCUT2D eigenvalue weighted by Crippen LogP contribution is -2.47. The smallest absolute Gasteiger partial charge is 0.325 e. The number of carbonyl (C=O) groups excluding carboxylic acids is 1. The molecule has 1 aliphatic carbocycles. The van der Waals surface area contributed by atoms with Crippen LogP contribution >= 0.6 is 31.0 Å². The summed E-state index contributed by atoms with van der Waals surface area (Å²) in [7, 11) is -12.4. The zero-order valence-corrected chi connectivity index (χ0v) is 43.8. The van der Waals surface area contributed by atoms with Crippen molar-refractivity contribution in [3.05, 3.63) is 119 Å². The SMILES string of the molecule is CC1(C)CCC(c2ccc(Cl)cc2)=C(CN2CCN(c3ccc(C(=O)NS(=O)(=O)c4ccc(N[C@H](CCN5CCN(CCCP(=O)(O)O)CC5)CSc5ccccc5)c(S(C)(=O)=O)c4)cc3)CC2)C1. The van der Waals surface area contributed by atoms with Crippen LogP contribution in [0, 0.1) is 5.41 Å². The third-order valence-corrected chi connectivity index (χ3v) is 18.1. The first kappa shape index (κ1) is 53.1. The van der Waals surface area contributed by atoms with Crippen LogP contribution in [0.4, 0.5) is 11.4 Å². The minimum Gasteiger partial charge on any atom is -0.380 e. The summed E-state index contributed by atoms with van der Waals surface area (Å²) in [6.45, 7) is 13.4.